The van der Waals surface area contributed by atoms with Gasteiger partial charge in [-0.05, 0) is 35.7 Å². The number of nitrogens with zero attached hydrogens (tertiary/aromatic N) is 1. The van der Waals surface area contributed by atoms with Crippen molar-refractivity contribution in [3.8, 4) is 0 Å². The zero-order valence-electron chi connectivity index (χ0n) is 15.3. The van der Waals surface area contributed by atoms with Gasteiger partial charge in [0, 0.05) is 24.5 Å². The Morgan fingerprint density at radius 3 is 2.54 bits per heavy atom. The minimum atomic E-state index is -3.49. The molecule has 8 heteroatoms. The predicted octanol–water partition coefficient (Wildman–Crippen LogP) is 2.04. The lowest BCUT2D eigenvalue weighted by Gasteiger charge is -2.26. The summed E-state index contributed by atoms with van der Waals surface area (Å²) in [5, 5.41) is 2.85. The van der Waals surface area contributed by atoms with E-state index in [9.17, 15) is 13.2 Å². The molecule has 1 amide bonds. The Kier molecular flexibility index (Phi) is 5.73. The molecule has 1 atom stereocenters. The fourth-order valence-corrected chi connectivity index (χ4v) is 5.97. The fourth-order valence-electron chi connectivity index (χ4n) is 3.35. The molecule has 2 heterocycles. The van der Waals surface area contributed by atoms with Gasteiger partial charge < -0.3 is 10.1 Å². The van der Waals surface area contributed by atoms with Crippen molar-refractivity contribution in [2.45, 2.75) is 28.0 Å². The SMILES string of the molecule is O=C(NCc1ccc(S(=O)(=O)N2CCOCC2)cc1)[C@H]1Cc2ccccc2S1. The number of ether oxygens (including phenoxy) is 1. The molecule has 0 aromatic heterocycles. The maximum atomic E-state index is 12.6. The Morgan fingerprint density at radius 2 is 1.82 bits per heavy atom. The van der Waals surface area contributed by atoms with Crippen LogP contribution >= 0.6 is 11.8 Å². The molecular weight excluding hydrogens is 396 g/mol. The lowest BCUT2D eigenvalue weighted by Crippen LogP contribution is -2.40. The molecule has 148 valence electrons. The Labute approximate surface area is 169 Å². The van der Waals surface area contributed by atoms with Crippen molar-refractivity contribution in [3.05, 3.63) is 59.7 Å². The van der Waals surface area contributed by atoms with Crippen molar-refractivity contribution in [1.82, 2.24) is 9.62 Å². The van der Waals surface area contributed by atoms with E-state index in [4.69, 9.17) is 4.74 Å². The van der Waals surface area contributed by atoms with E-state index >= 15 is 0 Å². The molecular formula is C20H22N2O4S2. The minimum absolute atomic E-state index is 0.00575. The second kappa shape index (κ2) is 8.24. The second-order valence-corrected chi connectivity index (χ2v) is 9.98. The van der Waals surface area contributed by atoms with Gasteiger partial charge in [-0.3, -0.25) is 4.79 Å². The normalized spacial score (nSPS) is 19.9. The molecule has 0 saturated carbocycles. The van der Waals surface area contributed by atoms with E-state index < -0.39 is 10.0 Å². The molecule has 2 aliphatic rings. The molecule has 1 fully saturated rings. The molecule has 0 radical (unpaired) electrons. The van der Waals surface area contributed by atoms with Gasteiger partial charge in [0.1, 0.15) is 0 Å². The van der Waals surface area contributed by atoms with Crippen molar-refractivity contribution in [2.24, 2.45) is 0 Å². The van der Waals surface area contributed by atoms with Gasteiger partial charge in [0.15, 0.2) is 0 Å². The average Bonchev–Trinajstić information content (AvgIpc) is 3.17. The van der Waals surface area contributed by atoms with Crippen molar-refractivity contribution >= 4 is 27.7 Å². The molecule has 1 saturated heterocycles. The number of morpholine rings is 1. The maximum Gasteiger partial charge on any atom is 0.243 e. The van der Waals surface area contributed by atoms with Crippen LogP contribution in [0, 0.1) is 0 Å². The topological polar surface area (TPSA) is 75.7 Å². The number of carbonyl (C=O) groups is 1. The third-order valence-electron chi connectivity index (χ3n) is 4.94. The molecule has 0 bridgehead atoms. The first-order valence-electron chi connectivity index (χ1n) is 9.23. The smallest absolute Gasteiger partial charge is 0.243 e. The summed E-state index contributed by atoms with van der Waals surface area (Å²) in [6.45, 7) is 1.98. The first-order chi connectivity index (χ1) is 13.5. The summed E-state index contributed by atoms with van der Waals surface area (Å²) in [4.78, 5) is 13.9. The molecule has 6 nitrogen and oxygen atoms in total. The monoisotopic (exact) mass is 418 g/mol. The molecule has 0 spiro atoms. The molecule has 28 heavy (non-hydrogen) atoms. The van der Waals surface area contributed by atoms with Crippen molar-refractivity contribution in [1.29, 1.82) is 0 Å². The van der Waals surface area contributed by atoms with Crippen LogP contribution in [0.2, 0.25) is 0 Å². The number of amides is 1. The zero-order chi connectivity index (χ0) is 19.6. The van der Waals surface area contributed by atoms with Crippen LogP contribution in [0.25, 0.3) is 0 Å². The van der Waals surface area contributed by atoms with Crippen molar-refractivity contribution in [3.63, 3.8) is 0 Å². The number of rotatable bonds is 5. The molecule has 2 aliphatic heterocycles. The average molecular weight is 419 g/mol. The Hall–Kier alpha value is -1.87. The van der Waals surface area contributed by atoms with Crippen LogP contribution in [-0.2, 0) is 32.5 Å². The highest BCUT2D eigenvalue weighted by Gasteiger charge is 2.28. The molecule has 0 unspecified atom stereocenters. The summed E-state index contributed by atoms with van der Waals surface area (Å²) >= 11 is 1.59. The number of nitrogens with one attached hydrogen (secondary N) is 1. The fraction of sp³-hybridized carbons (Fsp3) is 0.350. The number of benzene rings is 2. The van der Waals surface area contributed by atoms with Gasteiger partial charge in [-0.15, -0.1) is 11.8 Å². The third kappa shape index (κ3) is 4.10. The van der Waals surface area contributed by atoms with Crippen LogP contribution < -0.4 is 5.32 Å². The highest BCUT2D eigenvalue weighted by molar-refractivity contribution is 8.01. The number of hydrogen-bond acceptors (Lipinski definition) is 5. The number of fused-ring (bicyclic) bond motifs is 1. The standard InChI is InChI=1S/C20H22N2O4S2/c23-20(19-13-16-3-1-2-4-18(16)27-19)21-14-15-5-7-17(8-6-15)28(24,25)22-9-11-26-12-10-22/h1-8,19H,9-14H2,(H,21,23)/t19-/m1/s1. The van der Waals surface area contributed by atoms with Crippen LogP contribution in [0.15, 0.2) is 58.3 Å². The predicted molar refractivity (Wildman–Crippen MR) is 108 cm³/mol. The first kappa shape index (κ1) is 19.4. The summed E-state index contributed by atoms with van der Waals surface area (Å²) in [5.74, 6) is 0.00575. The summed E-state index contributed by atoms with van der Waals surface area (Å²) in [5.41, 5.74) is 2.08. The van der Waals surface area contributed by atoms with E-state index in [-0.39, 0.29) is 16.1 Å². The van der Waals surface area contributed by atoms with Crippen LogP contribution in [0.4, 0.5) is 0 Å². The van der Waals surface area contributed by atoms with Gasteiger partial charge in [-0.1, -0.05) is 30.3 Å². The summed E-state index contributed by atoms with van der Waals surface area (Å²) in [6.07, 6.45) is 0.739. The number of hydrogen-bond donors (Lipinski definition) is 1. The lowest BCUT2D eigenvalue weighted by molar-refractivity contribution is -0.120. The molecule has 2 aromatic rings. The van der Waals surface area contributed by atoms with Gasteiger partial charge in [-0.2, -0.15) is 4.31 Å². The van der Waals surface area contributed by atoms with E-state index in [0.717, 1.165) is 12.0 Å². The zero-order valence-corrected chi connectivity index (χ0v) is 17.0. The van der Waals surface area contributed by atoms with Crippen molar-refractivity contribution in [2.75, 3.05) is 26.3 Å². The van der Waals surface area contributed by atoms with Crippen LogP contribution in [0.5, 0.6) is 0 Å². The van der Waals surface area contributed by atoms with E-state index in [0.29, 0.717) is 32.8 Å². The van der Waals surface area contributed by atoms with E-state index in [1.165, 1.54) is 14.8 Å². The molecule has 0 aliphatic carbocycles. The molecule has 1 N–H and O–H groups in total. The lowest BCUT2D eigenvalue weighted by atomic mass is 10.1. The van der Waals surface area contributed by atoms with Gasteiger partial charge in [-0.25, -0.2) is 8.42 Å². The van der Waals surface area contributed by atoms with E-state index in [2.05, 4.69) is 11.4 Å². The van der Waals surface area contributed by atoms with Gasteiger partial charge in [0.25, 0.3) is 0 Å². The van der Waals surface area contributed by atoms with Gasteiger partial charge >= 0.3 is 0 Å². The highest BCUT2D eigenvalue weighted by atomic mass is 32.2. The van der Waals surface area contributed by atoms with Crippen LogP contribution in [-0.4, -0.2) is 50.2 Å². The summed E-state index contributed by atoms with van der Waals surface area (Å²) < 4.78 is 32.0. The highest BCUT2D eigenvalue weighted by Crippen LogP contribution is 2.36. The van der Waals surface area contributed by atoms with E-state index in [1.807, 2.05) is 18.2 Å². The van der Waals surface area contributed by atoms with Crippen LogP contribution in [0.3, 0.4) is 0 Å². The third-order valence-corrected chi connectivity index (χ3v) is 8.17. The number of carbonyl (C=O) groups excluding carboxylic acids is 1. The van der Waals surface area contributed by atoms with Gasteiger partial charge in [0.05, 0.1) is 23.4 Å². The Bertz CT molecular complexity index is 929. The Balaban J connectivity index is 1.34. The first-order valence-corrected chi connectivity index (χ1v) is 11.5. The molecule has 2 aromatic carbocycles. The summed E-state index contributed by atoms with van der Waals surface area (Å²) in [6, 6.07) is 14.8. The number of sulfonamides is 1. The number of thioether (sulfide) groups is 1. The van der Waals surface area contributed by atoms with Crippen LogP contribution in [0.1, 0.15) is 11.1 Å². The Morgan fingerprint density at radius 1 is 1.11 bits per heavy atom. The maximum absolute atomic E-state index is 12.6. The van der Waals surface area contributed by atoms with Crippen molar-refractivity contribution < 1.29 is 17.9 Å². The second-order valence-electron chi connectivity index (χ2n) is 6.80. The largest absolute Gasteiger partial charge is 0.379 e. The minimum Gasteiger partial charge on any atom is -0.379 e. The summed E-state index contributed by atoms with van der Waals surface area (Å²) in [7, 11) is -3.49. The van der Waals surface area contributed by atoms with E-state index in [1.54, 1.807) is 36.0 Å². The quantitative estimate of drug-likeness (QED) is 0.804. The van der Waals surface area contributed by atoms with Gasteiger partial charge in [0.2, 0.25) is 15.9 Å². The molecule has 4 rings (SSSR count).